The van der Waals surface area contributed by atoms with Crippen molar-refractivity contribution in [3.05, 3.63) is 29.8 Å². The quantitative estimate of drug-likeness (QED) is 0.919. The van der Waals surface area contributed by atoms with E-state index < -0.39 is 11.9 Å². The molecule has 0 aliphatic carbocycles. The molecule has 1 aliphatic heterocycles. The summed E-state index contributed by atoms with van der Waals surface area (Å²) in [6.07, 6.45) is 0.519. The zero-order valence-electron chi connectivity index (χ0n) is 11.2. The Hall–Kier alpha value is -1.75. The average molecular weight is 300 g/mol. The number of amides is 1. The number of carbonyl (C=O) groups excluding carboxylic acids is 1. The molecule has 6 heteroatoms. The van der Waals surface area contributed by atoms with Crippen LogP contribution in [0.15, 0.2) is 24.3 Å². The third kappa shape index (κ3) is 3.87. The molecule has 1 aliphatic rings. The van der Waals surface area contributed by atoms with Crippen molar-refractivity contribution in [2.45, 2.75) is 13.3 Å². The van der Waals surface area contributed by atoms with Crippen LogP contribution in [0, 0.1) is 12.8 Å². The number of nitrogens with zero attached hydrogens (tertiary/aromatic N) is 1. The maximum absolute atomic E-state index is 11.9. The lowest BCUT2D eigenvalue weighted by Crippen LogP contribution is -2.33. The van der Waals surface area contributed by atoms with Gasteiger partial charge in [0.15, 0.2) is 6.61 Å². The number of aliphatic carboxylic acids is 1. The summed E-state index contributed by atoms with van der Waals surface area (Å²) in [6.45, 7) is 2.64. The SMILES string of the molecule is Cc1ccccc1OCC(=O)N1CCC(C(=O)O)C1.Cl. The standard InChI is InChI=1S/C14H17NO4.ClH/c1-10-4-2-3-5-12(10)19-9-13(16)15-7-6-11(8-15)14(17)18;/h2-5,11H,6-9H2,1H3,(H,17,18);1H. The molecule has 1 atom stereocenters. The van der Waals surface area contributed by atoms with Gasteiger partial charge in [-0.25, -0.2) is 0 Å². The second-order valence-electron chi connectivity index (χ2n) is 4.72. The molecule has 1 heterocycles. The van der Waals surface area contributed by atoms with Crippen LogP contribution in [0.1, 0.15) is 12.0 Å². The minimum atomic E-state index is -0.838. The third-order valence-corrected chi connectivity index (χ3v) is 3.33. The van der Waals surface area contributed by atoms with Crippen molar-refractivity contribution in [1.29, 1.82) is 0 Å². The molecule has 0 saturated carbocycles. The van der Waals surface area contributed by atoms with Gasteiger partial charge >= 0.3 is 5.97 Å². The molecule has 0 radical (unpaired) electrons. The summed E-state index contributed by atoms with van der Waals surface area (Å²) >= 11 is 0. The van der Waals surface area contributed by atoms with Gasteiger partial charge in [0.2, 0.25) is 0 Å². The maximum atomic E-state index is 11.9. The first kappa shape index (κ1) is 16.3. The first-order chi connectivity index (χ1) is 9.08. The Morgan fingerprint density at radius 3 is 2.70 bits per heavy atom. The summed E-state index contributed by atoms with van der Waals surface area (Å²) in [4.78, 5) is 24.3. The van der Waals surface area contributed by atoms with Gasteiger partial charge in [0, 0.05) is 13.1 Å². The van der Waals surface area contributed by atoms with Gasteiger partial charge in [0.25, 0.3) is 5.91 Å². The van der Waals surface area contributed by atoms with Crippen LogP contribution in [-0.2, 0) is 9.59 Å². The van der Waals surface area contributed by atoms with Gasteiger partial charge in [-0.2, -0.15) is 0 Å². The number of hydrogen-bond donors (Lipinski definition) is 1. The lowest BCUT2D eigenvalue weighted by molar-refractivity contribution is -0.141. The van der Waals surface area contributed by atoms with Gasteiger partial charge < -0.3 is 14.7 Å². The van der Waals surface area contributed by atoms with Gasteiger partial charge in [0.05, 0.1) is 5.92 Å². The normalized spacial score (nSPS) is 17.4. The van der Waals surface area contributed by atoms with Gasteiger partial charge in [0.1, 0.15) is 5.75 Å². The smallest absolute Gasteiger partial charge is 0.308 e. The molecule has 0 spiro atoms. The van der Waals surface area contributed by atoms with Crippen molar-refractivity contribution in [3.8, 4) is 5.75 Å². The number of carboxylic acids is 1. The Morgan fingerprint density at radius 1 is 1.40 bits per heavy atom. The topological polar surface area (TPSA) is 66.8 Å². The molecule has 20 heavy (non-hydrogen) atoms. The Kier molecular flexibility index (Phi) is 5.82. The Bertz CT molecular complexity index is 492. The van der Waals surface area contributed by atoms with Crippen LogP contribution in [0.3, 0.4) is 0 Å². The van der Waals surface area contributed by atoms with Crippen LogP contribution in [0.5, 0.6) is 5.75 Å². The minimum Gasteiger partial charge on any atom is -0.484 e. The number of para-hydroxylation sites is 1. The van der Waals surface area contributed by atoms with Crippen molar-refractivity contribution in [1.82, 2.24) is 4.90 Å². The molecule has 1 unspecified atom stereocenters. The summed E-state index contributed by atoms with van der Waals surface area (Å²) < 4.78 is 5.47. The molecule has 1 N–H and O–H groups in total. The molecule has 1 saturated heterocycles. The number of halogens is 1. The zero-order valence-corrected chi connectivity index (χ0v) is 12.1. The lowest BCUT2D eigenvalue weighted by Gasteiger charge is -2.16. The van der Waals surface area contributed by atoms with E-state index in [0.717, 1.165) is 5.56 Å². The molecule has 2 rings (SSSR count). The van der Waals surface area contributed by atoms with E-state index in [1.165, 1.54) is 0 Å². The Morgan fingerprint density at radius 2 is 2.10 bits per heavy atom. The molecule has 110 valence electrons. The van der Waals surface area contributed by atoms with Gasteiger partial charge in [-0.15, -0.1) is 12.4 Å². The predicted octanol–water partition coefficient (Wildman–Crippen LogP) is 1.73. The van der Waals surface area contributed by atoms with Crippen molar-refractivity contribution in [2.75, 3.05) is 19.7 Å². The number of carbonyl (C=O) groups is 2. The Labute approximate surface area is 123 Å². The molecule has 5 nitrogen and oxygen atoms in total. The molecule has 1 fully saturated rings. The fourth-order valence-corrected chi connectivity index (χ4v) is 2.14. The highest BCUT2D eigenvalue weighted by atomic mass is 35.5. The average Bonchev–Trinajstić information content (AvgIpc) is 2.87. The number of aryl methyl sites for hydroxylation is 1. The van der Waals surface area contributed by atoms with E-state index in [4.69, 9.17) is 9.84 Å². The number of hydrogen-bond acceptors (Lipinski definition) is 3. The molecule has 1 aromatic rings. The molecular weight excluding hydrogens is 282 g/mol. The number of ether oxygens (including phenoxy) is 1. The van der Waals surface area contributed by atoms with E-state index in [2.05, 4.69) is 0 Å². The van der Waals surface area contributed by atoms with E-state index in [1.807, 2.05) is 31.2 Å². The Balaban J connectivity index is 0.00000200. The number of likely N-dealkylation sites (tertiary alicyclic amines) is 1. The molecule has 1 amide bonds. The van der Waals surface area contributed by atoms with Crippen LogP contribution < -0.4 is 4.74 Å². The molecule has 1 aromatic carbocycles. The summed E-state index contributed by atoms with van der Waals surface area (Å²) in [7, 11) is 0. The second kappa shape index (κ2) is 7.14. The molecular formula is C14H18ClNO4. The first-order valence-corrected chi connectivity index (χ1v) is 6.27. The van der Waals surface area contributed by atoms with Gasteiger partial charge in [-0.3, -0.25) is 9.59 Å². The zero-order chi connectivity index (χ0) is 13.8. The highest BCUT2D eigenvalue weighted by Crippen LogP contribution is 2.18. The number of rotatable bonds is 4. The number of benzene rings is 1. The first-order valence-electron chi connectivity index (χ1n) is 6.27. The van der Waals surface area contributed by atoms with Crippen molar-refractivity contribution in [2.24, 2.45) is 5.92 Å². The van der Waals surface area contributed by atoms with Crippen LogP contribution in [0.25, 0.3) is 0 Å². The predicted molar refractivity (Wildman–Crippen MR) is 76.2 cm³/mol. The van der Waals surface area contributed by atoms with Gasteiger partial charge in [-0.1, -0.05) is 18.2 Å². The fraction of sp³-hybridized carbons (Fsp3) is 0.429. The lowest BCUT2D eigenvalue weighted by atomic mass is 10.1. The van der Waals surface area contributed by atoms with E-state index in [-0.39, 0.29) is 31.5 Å². The maximum Gasteiger partial charge on any atom is 0.308 e. The van der Waals surface area contributed by atoms with Gasteiger partial charge in [-0.05, 0) is 25.0 Å². The summed E-state index contributed by atoms with van der Waals surface area (Å²) in [5, 5.41) is 8.89. The van der Waals surface area contributed by atoms with Crippen LogP contribution in [0.2, 0.25) is 0 Å². The molecule has 0 bridgehead atoms. The van der Waals surface area contributed by atoms with E-state index in [0.29, 0.717) is 18.7 Å². The van der Waals surface area contributed by atoms with Crippen molar-refractivity contribution >= 4 is 24.3 Å². The van der Waals surface area contributed by atoms with E-state index >= 15 is 0 Å². The van der Waals surface area contributed by atoms with Crippen molar-refractivity contribution < 1.29 is 19.4 Å². The van der Waals surface area contributed by atoms with Crippen molar-refractivity contribution in [3.63, 3.8) is 0 Å². The van der Waals surface area contributed by atoms with Crippen LogP contribution in [0.4, 0.5) is 0 Å². The number of carboxylic acid groups (broad SMARTS) is 1. The second-order valence-corrected chi connectivity index (χ2v) is 4.72. The fourth-order valence-electron chi connectivity index (χ4n) is 2.14. The van der Waals surface area contributed by atoms with E-state index in [1.54, 1.807) is 4.90 Å². The third-order valence-electron chi connectivity index (χ3n) is 3.33. The van der Waals surface area contributed by atoms with Crippen LogP contribution >= 0.6 is 12.4 Å². The van der Waals surface area contributed by atoms with E-state index in [9.17, 15) is 9.59 Å². The minimum absolute atomic E-state index is 0. The summed E-state index contributed by atoms with van der Waals surface area (Å²) in [5.74, 6) is -0.755. The molecule has 0 aromatic heterocycles. The summed E-state index contributed by atoms with van der Waals surface area (Å²) in [5.41, 5.74) is 0.972. The van der Waals surface area contributed by atoms with Crippen LogP contribution in [-0.4, -0.2) is 41.6 Å². The largest absolute Gasteiger partial charge is 0.484 e. The summed E-state index contributed by atoms with van der Waals surface area (Å²) in [6, 6.07) is 7.48. The highest BCUT2D eigenvalue weighted by Gasteiger charge is 2.30. The monoisotopic (exact) mass is 299 g/mol. The highest BCUT2D eigenvalue weighted by molar-refractivity contribution is 5.85.